The van der Waals surface area contributed by atoms with Gasteiger partial charge in [-0.15, -0.1) is 0 Å². The van der Waals surface area contributed by atoms with Crippen molar-refractivity contribution in [3.63, 3.8) is 0 Å². The van der Waals surface area contributed by atoms with Crippen molar-refractivity contribution in [1.82, 2.24) is 10.4 Å². The summed E-state index contributed by atoms with van der Waals surface area (Å²) >= 11 is 0. The molecule has 0 fully saturated rings. The Labute approximate surface area is 125 Å². The maximum Gasteiger partial charge on any atom is 0.387 e. The number of carbonyl (C=O) groups is 1. The van der Waals surface area contributed by atoms with Crippen LogP contribution in [-0.2, 0) is 0 Å². The van der Waals surface area contributed by atoms with Gasteiger partial charge >= 0.3 is 6.61 Å². The Morgan fingerprint density at radius 2 is 1.95 bits per heavy atom. The van der Waals surface area contributed by atoms with E-state index in [1.54, 1.807) is 37.4 Å². The molecule has 0 aliphatic carbocycles. The second-order valence-electron chi connectivity index (χ2n) is 4.28. The number of pyridine rings is 1. The van der Waals surface area contributed by atoms with Gasteiger partial charge in [0, 0.05) is 12.4 Å². The second-order valence-corrected chi connectivity index (χ2v) is 4.28. The van der Waals surface area contributed by atoms with E-state index < -0.39 is 6.61 Å². The summed E-state index contributed by atoms with van der Waals surface area (Å²) in [5.74, 6) is -0.323. The van der Waals surface area contributed by atoms with Crippen molar-refractivity contribution in [2.75, 3.05) is 0 Å². The fraction of sp³-hybridized carbons (Fsp3) is 0.133. The molecule has 1 aromatic carbocycles. The van der Waals surface area contributed by atoms with E-state index in [0.29, 0.717) is 16.8 Å². The molecule has 2 rings (SSSR count). The number of amides is 1. The van der Waals surface area contributed by atoms with Crippen LogP contribution in [0.4, 0.5) is 8.78 Å². The number of carbonyl (C=O) groups excluding carboxylic acids is 1. The van der Waals surface area contributed by atoms with Crippen LogP contribution in [0.2, 0.25) is 0 Å². The highest BCUT2D eigenvalue weighted by atomic mass is 19.3. The Kier molecular flexibility index (Phi) is 5.13. The number of ether oxygens (including phenoxy) is 1. The molecule has 5 nitrogen and oxygen atoms in total. The minimum Gasteiger partial charge on any atom is -0.435 e. The number of hydrogen-bond acceptors (Lipinski definition) is 4. The third kappa shape index (κ3) is 4.34. The normalized spacial score (nSPS) is 11.4. The Balaban J connectivity index is 2.01. The number of rotatable bonds is 5. The number of nitrogens with zero attached hydrogens (tertiary/aromatic N) is 2. The average Bonchev–Trinajstić information content (AvgIpc) is 2.53. The molecule has 1 aromatic heterocycles. The molecule has 114 valence electrons. The van der Waals surface area contributed by atoms with Crippen molar-refractivity contribution < 1.29 is 18.3 Å². The maximum absolute atomic E-state index is 12.1. The van der Waals surface area contributed by atoms with Gasteiger partial charge in [-0.05, 0) is 48.9 Å². The number of hydrazone groups is 1. The Morgan fingerprint density at radius 1 is 1.23 bits per heavy atom. The lowest BCUT2D eigenvalue weighted by Crippen LogP contribution is -2.19. The van der Waals surface area contributed by atoms with Crippen LogP contribution in [0.3, 0.4) is 0 Å². The van der Waals surface area contributed by atoms with Crippen LogP contribution < -0.4 is 10.2 Å². The molecule has 0 radical (unpaired) electrons. The predicted molar refractivity (Wildman–Crippen MR) is 77.0 cm³/mol. The molecule has 0 saturated heterocycles. The van der Waals surface area contributed by atoms with Crippen LogP contribution in [-0.4, -0.2) is 23.2 Å². The van der Waals surface area contributed by atoms with Gasteiger partial charge in [-0.25, -0.2) is 5.43 Å². The monoisotopic (exact) mass is 305 g/mol. The molecule has 22 heavy (non-hydrogen) atoms. The van der Waals surface area contributed by atoms with E-state index in [-0.39, 0.29) is 11.7 Å². The van der Waals surface area contributed by atoms with E-state index in [1.807, 2.05) is 0 Å². The summed E-state index contributed by atoms with van der Waals surface area (Å²) in [5, 5.41) is 3.96. The van der Waals surface area contributed by atoms with Crippen molar-refractivity contribution in [2.45, 2.75) is 13.5 Å². The van der Waals surface area contributed by atoms with Crippen LogP contribution in [0.5, 0.6) is 5.75 Å². The molecule has 0 aliphatic heterocycles. The number of alkyl halides is 2. The average molecular weight is 305 g/mol. The molecule has 0 saturated carbocycles. The molecule has 0 bridgehead atoms. The van der Waals surface area contributed by atoms with Crippen LogP contribution in [0.25, 0.3) is 0 Å². The Morgan fingerprint density at radius 3 is 2.55 bits per heavy atom. The zero-order chi connectivity index (χ0) is 15.9. The minimum atomic E-state index is -2.86. The van der Waals surface area contributed by atoms with Crippen molar-refractivity contribution in [3.8, 4) is 5.75 Å². The molecule has 1 N–H and O–H groups in total. The van der Waals surface area contributed by atoms with Crippen molar-refractivity contribution in [2.24, 2.45) is 5.10 Å². The molecule has 0 unspecified atom stereocenters. The molecule has 0 spiro atoms. The van der Waals surface area contributed by atoms with Crippen molar-refractivity contribution >= 4 is 11.6 Å². The topological polar surface area (TPSA) is 63.6 Å². The van der Waals surface area contributed by atoms with Crippen LogP contribution >= 0.6 is 0 Å². The number of nitrogens with one attached hydrogen (secondary N) is 1. The first-order valence-corrected chi connectivity index (χ1v) is 6.36. The predicted octanol–water partition coefficient (Wildman–Crippen LogP) is 2.84. The van der Waals surface area contributed by atoms with E-state index >= 15 is 0 Å². The highest BCUT2D eigenvalue weighted by Crippen LogP contribution is 2.15. The molecule has 0 aliphatic rings. The number of hydrogen-bond donors (Lipinski definition) is 1. The van der Waals surface area contributed by atoms with E-state index in [2.05, 4.69) is 20.2 Å². The van der Waals surface area contributed by atoms with Crippen molar-refractivity contribution in [3.05, 3.63) is 59.9 Å². The lowest BCUT2D eigenvalue weighted by atomic mass is 10.1. The number of halogens is 2. The van der Waals surface area contributed by atoms with E-state index in [9.17, 15) is 13.6 Å². The Bertz CT molecular complexity index is 658. The SMILES string of the molecule is CC(=NNC(=O)c1cccnc1)c1ccc(OC(F)F)cc1. The lowest BCUT2D eigenvalue weighted by Gasteiger charge is -2.06. The largest absolute Gasteiger partial charge is 0.435 e. The van der Waals surface area contributed by atoms with Gasteiger partial charge in [0.2, 0.25) is 0 Å². The molecule has 0 atom stereocenters. The van der Waals surface area contributed by atoms with Gasteiger partial charge in [0.25, 0.3) is 5.91 Å². The zero-order valence-electron chi connectivity index (χ0n) is 11.7. The van der Waals surface area contributed by atoms with Gasteiger partial charge in [-0.1, -0.05) is 0 Å². The molecule has 1 heterocycles. The molecule has 7 heteroatoms. The van der Waals surface area contributed by atoms with Gasteiger partial charge in [0.1, 0.15) is 5.75 Å². The molecule has 2 aromatic rings. The first-order valence-electron chi connectivity index (χ1n) is 6.36. The first-order chi connectivity index (χ1) is 10.6. The van der Waals surface area contributed by atoms with Gasteiger partial charge in [-0.3, -0.25) is 9.78 Å². The fourth-order valence-electron chi connectivity index (χ4n) is 1.64. The Hall–Kier alpha value is -2.83. The first kappa shape index (κ1) is 15.6. The van der Waals surface area contributed by atoms with Crippen LogP contribution in [0.1, 0.15) is 22.8 Å². The minimum absolute atomic E-state index is 0.0611. The standard InChI is InChI=1S/C15H13F2N3O2/c1-10(11-4-6-13(7-5-11)22-15(16)17)19-20-14(21)12-3-2-8-18-9-12/h2-9,15H,1H3,(H,20,21). The lowest BCUT2D eigenvalue weighted by molar-refractivity contribution is -0.0498. The fourth-order valence-corrected chi connectivity index (χ4v) is 1.64. The summed E-state index contributed by atoms with van der Waals surface area (Å²) in [5.41, 5.74) is 3.99. The third-order valence-electron chi connectivity index (χ3n) is 2.75. The van der Waals surface area contributed by atoms with E-state index in [0.717, 1.165) is 0 Å². The van der Waals surface area contributed by atoms with E-state index in [1.165, 1.54) is 18.3 Å². The van der Waals surface area contributed by atoms with Gasteiger partial charge in [0.15, 0.2) is 0 Å². The van der Waals surface area contributed by atoms with Crippen molar-refractivity contribution in [1.29, 1.82) is 0 Å². The molecule has 1 amide bonds. The summed E-state index contributed by atoms with van der Waals surface area (Å²) < 4.78 is 28.4. The summed E-state index contributed by atoms with van der Waals surface area (Å²) in [6.45, 7) is -1.17. The van der Waals surface area contributed by atoms with E-state index in [4.69, 9.17) is 0 Å². The second kappa shape index (κ2) is 7.26. The molecular weight excluding hydrogens is 292 g/mol. The quantitative estimate of drug-likeness (QED) is 0.682. The highest BCUT2D eigenvalue weighted by molar-refractivity contribution is 6.00. The summed E-state index contributed by atoms with van der Waals surface area (Å²) in [6, 6.07) is 9.23. The maximum atomic E-state index is 12.1. The number of aromatic nitrogens is 1. The third-order valence-corrected chi connectivity index (χ3v) is 2.75. The zero-order valence-corrected chi connectivity index (χ0v) is 11.7. The summed E-state index contributed by atoms with van der Waals surface area (Å²) in [6.07, 6.45) is 2.99. The molecular formula is C15H13F2N3O2. The smallest absolute Gasteiger partial charge is 0.387 e. The van der Waals surface area contributed by atoms with Gasteiger partial charge < -0.3 is 4.74 Å². The van der Waals surface area contributed by atoms with Gasteiger partial charge in [-0.2, -0.15) is 13.9 Å². The highest BCUT2D eigenvalue weighted by Gasteiger charge is 2.06. The summed E-state index contributed by atoms with van der Waals surface area (Å²) in [7, 11) is 0. The van der Waals surface area contributed by atoms with Crippen LogP contribution in [0, 0.1) is 0 Å². The number of benzene rings is 1. The van der Waals surface area contributed by atoms with Crippen LogP contribution in [0.15, 0.2) is 53.9 Å². The van der Waals surface area contributed by atoms with Gasteiger partial charge in [0.05, 0.1) is 11.3 Å². The summed E-state index contributed by atoms with van der Waals surface area (Å²) in [4.78, 5) is 15.6.